The Morgan fingerprint density at radius 1 is 1.00 bits per heavy atom. The lowest BCUT2D eigenvalue weighted by Crippen LogP contribution is -2.49. The minimum Gasteiger partial charge on any atom is -0.353 e. The second kappa shape index (κ2) is 9.04. The van der Waals surface area contributed by atoms with E-state index in [0.29, 0.717) is 36.8 Å². The summed E-state index contributed by atoms with van der Waals surface area (Å²) in [5, 5.41) is 3.41. The standard InChI is InChI=1S/C22H19ClF3N5O/c23-16-6-7-19(28-14-16)30-9-11-31(12-10-30)21(32)18-5-2-8-27-20(18)29-17-4-1-3-15(13-17)22(24,25)26/h1-8,13-14H,9-12H2,(H,27,29). The van der Waals surface area contributed by atoms with E-state index < -0.39 is 11.7 Å². The fraction of sp³-hybridized carbons (Fsp3) is 0.227. The van der Waals surface area contributed by atoms with E-state index in [2.05, 4.69) is 20.2 Å². The fourth-order valence-corrected chi connectivity index (χ4v) is 3.56. The molecule has 1 amide bonds. The van der Waals surface area contributed by atoms with Crippen LogP contribution in [0.1, 0.15) is 15.9 Å². The molecule has 0 saturated carbocycles. The van der Waals surface area contributed by atoms with Crippen LogP contribution in [0.4, 0.5) is 30.5 Å². The van der Waals surface area contributed by atoms with Gasteiger partial charge in [-0.15, -0.1) is 0 Å². The van der Waals surface area contributed by atoms with E-state index in [0.717, 1.165) is 18.0 Å². The maximum atomic E-state index is 13.1. The van der Waals surface area contributed by atoms with E-state index >= 15 is 0 Å². The first-order chi connectivity index (χ1) is 15.3. The predicted octanol–water partition coefficient (Wildman–Crippen LogP) is 4.85. The van der Waals surface area contributed by atoms with Gasteiger partial charge in [-0.1, -0.05) is 17.7 Å². The molecule has 10 heteroatoms. The van der Waals surface area contributed by atoms with Gasteiger partial charge < -0.3 is 15.1 Å². The lowest BCUT2D eigenvalue weighted by atomic mass is 10.1. The Bertz CT molecular complexity index is 1100. The average Bonchev–Trinajstić information content (AvgIpc) is 2.79. The minimum absolute atomic E-state index is 0.200. The summed E-state index contributed by atoms with van der Waals surface area (Å²) in [5.74, 6) is 0.754. The van der Waals surface area contributed by atoms with Crippen molar-refractivity contribution in [3.05, 3.63) is 77.1 Å². The molecule has 0 aliphatic carbocycles. The first-order valence-electron chi connectivity index (χ1n) is 9.86. The highest BCUT2D eigenvalue weighted by Gasteiger charge is 2.30. The molecule has 0 atom stereocenters. The zero-order valence-electron chi connectivity index (χ0n) is 16.8. The smallest absolute Gasteiger partial charge is 0.353 e. The number of piperazine rings is 1. The summed E-state index contributed by atoms with van der Waals surface area (Å²) >= 11 is 5.89. The molecule has 1 aromatic carbocycles. The lowest BCUT2D eigenvalue weighted by molar-refractivity contribution is -0.137. The topological polar surface area (TPSA) is 61.4 Å². The summed E-state index contributed by atoms with van der Waals surface area (Å²) in [6, 6.07) is 11.6. The van der Waals surface area contributed by atoms with Crippen molar-refractivity contribution in [1.29, 1.82) is 0 Å². The van der Waals surface area contributed by atoms with E-state index in [9.17, 15) is 18.0 Å². The first-order valence-corrected chi connectivity index (χ1v) is 10.2. The maximum Gasteiger partial charge on any atom is 0.416 e. The highest BCUT2D eigenvalue weighted by molar-refractivity contribution is 6.30. The highest BCUT2D eigenvalue weighted by Crippen LogP contribution is 2.31. The summed E-state index contributed by atoms with van der Waals surface area (Å²) in [6.07, 6.45) is -1.40. The summed E-state index contributed by atoms with van der Waals surface area (Å²) in [5.41, 5.74) is -0.285. The monoisotopic (exact) mass is 461 g/mol. The molecule has 0 unspecified atom stereocenters. The zero-order valence-corrected chi connectivity index (χ0v) is 17.6. The van der Waals surface area contributed by atoms with Crippen molar-refractivity contribution < 1.29 is 18.0 Å². The molecular weight excluding hydrogens is 443 g/mol. The number of carbonyl (C=O) groups excluding carboxylic acids is 1. The second-order valence-corrected chi connectivity index (χ2v) is 7.65. The van der Waals surface area contributed by atoms with Crippen LogP contribution in [-0.4, -0.2) is 47.0 Å². The number of aromatic nitrogens is 2. The van der Waals surface area contributed by atoms with Crippen LogP contribution in [0.15, 0.2) is 60.9 Å². The molecular formula is C22H19ClF3N5O. The van der Waals surface area contributed by atoms with Gasteiger partial charge in [0.15, 0.2) is 0 Å². The molecule has 2 aromatic heterocycles. The number of hydrogen-bond donors (Lipinski definition) is 1. The number of rotatable bonds is 4. The summed E-state index contributed by atoms with van der Waals surface area (Å²) < 4.78 is 39.0. The van der Waals surface area contributed by atoms with Crippen molar-refractivity contribution in [2.75, 3.05) is 36.4 Å². The van der Waals surface area contributed by atoms with Crippen molar-refractivity contribution in [2.24, 2.45) is 0 Å². The van der Waals surface area contributed by atoms with E-state index in [1.807, 2.05) is 6.07 Å². The molecule has 0 spiro atoms. The van der Waals surface area contributed by atoms with Crippen LogP contribution < -0.4 is 10.2 Å². The molecule has 1 aliphatic heterocycles. The average molecular weight is 462 g/mol. The number of nitrogens with zero attached hydrogens (tertiary/aromatic N) is 4. The fourth-order valence-electron chi connectivity index (χ4n) is 3.45. The number of pyridine rings is 2. The Labute approximate surface area is 187 Å². The van der Waals surface area contributed by atoms with Gasteiger partial charge in [0.1, 0.15) is 11.6 Å². The van der Waals surface area contributed by atoms with Crippen LogP contribution in [0.25, 0.3) is 0 Å². The second-order valence-electron chi connectivity index (χ2n) is 7.22. The van der Waals surface area contributed by atoms with Gasteiger partial charge in [-0.05, 0) is 42.5 Å². The molecule has 0 radical (unpaired) electrons. The van der Waals surface area contributed by atoms with Gasteiger partial charge in [0.05, 0.1) is 16.1 Å². The Morgan fingerprint density at radius 2 is 1.78 bits per heavy atom. The largest absolute Gasteiger partial charge is 0.416 e. The lowest BCUT2D eigenvalue weighted by Gasteiger charge is -2.35. The van der Waals surface area contributed by atoms with Crippen LogP contribution in [0, 0.1) is 0 Å². The van der Waals surface area contributed by atoms with E-state index in [1.54, 1.807) is 29.3 Å². The molecule has 3 aromatic rings. The number of amides is 1. The molecule has 6 nitrogen and oxygen atoms in total. The number of benzene rings is 1. The molecule has 3 heterocycles. The quantitative estimate of drug-likeness (QED) is 0.601. The van der Waals surface area contributed by atoms with Crippen molar-refractivity contribution in [3.8, 4) is 0 Å². The normalized spacial score (nSPS) is 14.4. The third-order valence-corrected chi connectivity index (χ3v) is 5.32. The van der Waals surface area contributed by atoms with E-state index in [4.69, 9.17) is 11.6 Å². The Kier molecular flexibility index (Phi) is 6.18. The van der Waals surface area contributed by atoms with Crippen molar-refractivity contribution in [3.63, 3.8) is 0 Å². The Morgan fingerprint density at radius 3 is 2.47 bits per heavy atom. The van der Waals surface area contributed by atoms with Crippen LogP contribution in [0.2, 0.25) is 5.02 Å². The number of carbonyl (C=O) groups is 1. The number of halogens is 4. The van der Waals surface area contributed by atoms with Gasteiger partial charge in [-0.3, -0.25) is 4.79 Å². The summed E-state index contributed by atoms with van der Waals surface area (Å²) in [6.45, 7) is 2.14. The molecule has 0 bridgehead atoms. The van der Waals surface area contributed by atoms with Crippen molar-refractivity contribution >= 4 is 34.8 Å². The third kappa shape index (κ3) is 4.94. The van der Waals surface area contributed by atoms with Crippen molar-refractivity contribution in [2.45, 2.75) is 6.18 Å². The van der Waals surface area contributed by atoms with Crippen LogP contribution in [0.3, 0.4) is 0 Å². The van der Waals surface area contributed by atoms with Gasteiger partial charge in [0.2, 0.25) is 0 Å². The Balaban J connectivity index is 1.47. The van der Waals surface area contributed by atoms with Gasteiger partial charge in [0, 0.05) is 44.3 Å². The molecule has 1 saturated heterocycles. The minimum atomic E-state index is -4.46. The van der Waals surface area contributed by atoms with E-state index in [1.165, 1.54) is 18.3 Å². The molecule has 1 aliphatic rings. The summed E-state index contributed by atoms with van der Waals surface area (Å²) in [7, 11) is 0. The molecule has 1 fully saturated rings. The first kappa shape index (κ1) is 21.9. The van der Waals surface area contributed by atoms with Crippen LogP contribution in [0.5, 0.6) is 0 Å². The van der Waals surface area contributed by atoms with Gasteiger partial charge in [-0.25, -0.2) is 9.97 Å². The third-order valence-electron chi connectivity index (χ3n) is 5.09. The van der Waals surface area contributed by atoms with Gasteiger partial charge >= 0.3 is 6.18 Å². The number of anilines is 3. The highest BCUT2D eigenvalue weighted by atomic mass is 35.5. The molecule has 1 N–H and O–H groups in total. The van der Waals surface area contributed by atoms with Crippen molar-refractivity contribution in [1.82, 2.24) is 14.9 Å². The summed E-state index contributed by atoms with van der Waals surface area (Å²) in [4.78, 5) is 25.4. The molecule has 32 heavy (non-hydrogen) atoms. The maximum absolute atomic E-state index is 13.1. The number of alkyl halides is 3. The van der Waals surface area contributed by atoms with Crippen LogP contribution in [-0.2, 0) is 6.18 Å². The number of hydrogen-bond acceptors (Lipinski definition) is 5. The van der Waals surface area contributed by atoms with Gasteiger partial charge in [0.25, 0.3) is 5.91 Å². The van der Waals surface area contributed by atoms with Crippen LogP contribution >= 0.6 is 11.6 Å². The zero-order chi connectivity index (χ0) is 22.7. The Hall–Kier alpha value is -3.33. The predicted molar refractivity (Wildman–Crippen MR) is 116 cm³/mol. The van der Waals surface area contributed by atoms with E-state index in [-0.39, 0.29) is 17.4 Å². The molecule has 4 rings (SSSR count). The SMILES string of the molecule is O=C(c1cccnc1Nc1cccc(C(F)(F)F)c1)N1CCN(c2ccc(Cl)cn2)CC1. The number of nitrogens with one attached hydrogen (secondary N) is 1. The van der Waals surface area contributed by atoms with Gasteiger partial charge in [-0.2, -0.15) is 13.2 Å². The molecule has 166 valence electrons.